The Labute approximate surface area is 154 Å². The third-order valence-electron chi connectivity index (χ3n) is 3.85. The van der Waals surface area contributed by atoms with Gasteiger partial charge in [-0.05, 0) is 43.0 Å². The van der Waals surface area contributed by atoms with Crippen molar-refractivity contribution < 1.29 is 0 Å². The lowest BCUT2D eigenvalue weighted by molar-refractivity contribution is 0.524. The number of benzene rings is 1. The molecule has 0 fully saturated rings. The largest absolute Gasteiger partial charge is 0.368 e. The Morgan fingerprint density at radius 2 is 1.88 bits per heavy atom. The summed E-state index contributed by atoms with van der Waals surface area (Å²) in [6.45, 7) is 11.5. The molecule has 0 saturated heterocycles. The summed E-state index contributed by atoms with van der Waals surface area (Å²) in [6.07, 6.45) is 3.19. The highest BCUT2D eigenvalue weighted by Crippen LogP contribution is 2.30. The maximum Gasteiger partial charge on any atom is 0.227 e. The zero-order valence-corrected chi connectivity index (χ0v) is 16.3. The summed E-state index contributed by atoms with van der Waals surface area (Å²) in [5.74, 6) is 1.29. The molecule has 3 aromatic rings. The van der Waals surface area contributed by atoms with E-state index in [9.17, 15) is 0 Å². The highest BCUT2D eigenvalue weighted by molar-refractivity contribution is 6.28. The molecule has 0 unspecified atom stereocenters. The maximum absolute atomic E-state index is 5.94. The molecular weight excluding hydrogens is 334 g/mol. The molecule has 0 aliphatic heterocycles. The minimum Gasteiger partial charge on any atom is -0.368 e. The van der Waals surface area contributed by atoms with Gasteiger partial charge in [0.2, 0.25) is 11.2 Å². The molecule has 0 bridgehead atoms. The Morgan fingerprint density at radius 3 is 2.52 bits per heavy atom. The molecule has 2 aromatic heterocycles. The first-order valence-corrected chi connectivity index (χ1v) is 9.08. The summed E-state index contributed by atoms with van der Waals surface area (Å²) in [4.78, 5) is 12.3. The number of nitrogen functional groups attached to an aromatic ring is 1. The van der Waals surface area contributed by atoms with Crippen LogP contribution in [0.15, 0.2) is 24.4 Å². The molecule has 25 heavy (non-hydrogen) atoms. The van der Waals surface area contributed by atoms with Crippen molar-refractivity contribution in [3.63, 3.8) is 0 Å². The quantitative estimate of drug-likeness (QED) is 0.702. The number of hydrogen-bond donors (Lipinski definition) is 1. The van der Waals surface area contributed by atoms with E-state index in [2.05, 4.69) is 64.7 Å². The van der Waals surface area contributed by atoms with Gasteiger partial charge in [-0.15, -0.1) is 0 Å². The number of rotatable bonds is 4. The van der Waals surface area contributed by atoms with Crippen LogP contribution < -0.4 is 5.73 Å². The Morgan fingerprint density at radius 1 is 1.16 bits per heavy atom. The molecule has 2 N–H and O–H groups in total. The van der Waals surface area contributed by atoms with Gasteiger partial charge in [0.25, 0.3) is 0 Å². The van der Waals surface area contributed by atoms with Gasteiger partial charge in [0, 0.05) is 29.2 Å². The van der Waals surface area contributed by atoms with Crippen LogP contribution in [0.1, 0.15) is 39.7 Å². The molecule has 0 saturated carbocycles. The van der Waals surface area contributed by atoms with E-state index >= 15 is 0 Å². The van der Waals surface area contributed by atoms with Gasteiger partial charge in [-0.1, -0.05) is 39.3 Å². The summed E-state index contributed by atoms with van der Waals surface area (Å²) in [6, 6.07) is 6.40. The van der Waals surface area contributed by atoms with Gasteiger partial charge in [0.05, 0.1) is 0 Å². The average Bonchev–Trinajstić information content (AvgIpc) is 2.91. The van der Waals surface area contributed by atoms with Crippen molar-refractivity contribution in [2.45, 2.75) is 47.6 Å². The molecular formula is C19H26ClN5. The number of aromatic nitrogens is 4. The van der Waals surface area contributed by atoms with Crippen molar-refractivity contribution >= 4 is 28.5 Å². The monoisotopic (exact) mass is 359 g/mol. The number of anilines is 1. The van der Waals surface area contributed by atoms with E-state index in [0.29, 0.717) is 11.7 Å². The lowest BCUT2D eigenvalue weighted by Crippen LogP contribution is -2.00. The van der Waals surface area contributed by atoms with Gasteiger partial charge in [-0.2, -0.15) is 15.0 Å². The topological polar surface area (TPSA) is 69.6 Å². The van der Waals surface area contributed by atoms with Crippen molar-refractivity contribution in [2.75, 3.05) is 5.73 Å². The van der Waals surface area contributed by atoms with E-state index < -0.39 is 0 Å². The van der Waals surface area contributed by atoms with Crippen LogP contribution in [-0.2, 0) is 6.54 Å². The molecule has 0 aliphatic rings. The van der Waals surface area contributed by atoms with Gasteiger partial charge >= 0.3 is 0 Å². The van der Waals surface area contributed by atoms with Crippen LogP contribution in [0.25, 0.3) is 22.3 Å². The maximum atomic E-state index is 5.94. The number of nitrogens with two attached hydrogens (primary N) is 1. The smallest absolute Gasteiger partial charge is 0.227 e. The fourth-order valence-electron chi connectivity index (χ4n) is 2.66. The summed E-state index contributed by atoms with van der Waals surface area (Å²) in [5.41, 5.74) is 9.01. The van der Waals surface area contributed by atoms with E-state index in [1.165, 1.54) is 11.1 Å². The van der Waals surface area contributed by atoms with Gasteiger partial charge in [0.1, 0.15) is 0 Å². The Kier molecular flexibility index (Phi) is 6.37. The van der Waals surface area contributed by atoms with Crippen LogP contribution in [0.4, 0.5) is 5.95 Å². The van der Waals surface area contributed by atoms with Crippen LogP contribution in [0.2, 0.25) is 5.28 Å². The van der Waals surface area contributed by atoms with Gasteiger partial charge in [-0.25, -0.2) is 0 Å². The van der Waals surface area contributed by atoms with E-state index in [1.54, 1.807) is 0 Å². The highest BCUT2D eigenvalue weighted by Gasteiger charge is 2.14. The molecule has 0 radical (unpaired) electrons. The minimum atomic E-state index is 0.114. The first-order valence-electron chi connectivity index (χ1n) is 8.71. The van der Waals surface area contributed by atoms with E-state index in [-0.39, 0.29) is 11.2 Å². The van der Waals surface area contributed by atoms with Crippen molar-refractivity contribution in [1.29, 1.82) is 0 Å². The molecule has 0 amide bonds. The summed E-state index contributed by atoms with van der Waals surface area (Å²) in [7, 11) is 0. The predicted octanol–water partition coefficient (Wildman–Crippen LogP) is 5.11. The third-order valence-corrected chi connectivity index (χ3v) is 4.02. The van der Waals surface area contributed by atoms with Crippen LogP contribution in [0.3, 0.4) is 0 Å². The first kappa shape index (κ1) is 19.2. The lowest BCUT2D eigenvalue weighted by Gasteiger charge is -2.07. The van der Waals surface area contributed by atoms with Crippen molar-refractivity contribution in [3.05, 3.63) is 35.2 Å². The normalized spacial score (nSPS) is 10.8. The molecule has 5 nitrogen and oxygen atoms in total. The van der Waals surface area contributed by atoms with Crippen molar-refractivity contribution in [3.8, 4) is 11.4 Å². The molecule has 3 rings (SSSR count). The molecule has 0 aliphatic carbocycles. The number of fused-ring (bicyclic) bond motifs is 1. The molecule has 0 atom stereocenters. The van der Waals surface area contributed by atoms with E-state index in [0.717, 1.165) is 23.9 Å². The van der Waals surface area contributed by atoms with Crippen LogP contribution in [0.5, 0.6) is 0 Å². The van der Waals surface area contributed by atoms with Gasteiger partial charge in [0.15, 0.2) is 5.82 Å². The molecule has 134 valence electrons. The second kappa shape index (κ2) is 8.30. The standard InChI is InChI=1S/C17H20ClN5.C2H6/c1-10(2)6-7-23-9-13(12-8-11(3)4-5-14(12)23)15-20-16(18)22-17(19)21-15;1-2/h4-5,8-10H,6-7H2,1-3H3,(H2,19,20,21,22);1-2H3. The fourth-order valence-corrected chi connectivity index (χ4v) is 2.82. The molecule has 1 aromatic carbocycles. The second-order valence-corrected chi connectivity index (χ2v) is 6.56. The minimum absolute atomic E-state index is 0.114. The van der Waals surface area contributed by atoms with Gasteiger partial charge in [-0.3, -0.25) is 0 Å². The fraction of sp³-hybridized carbons (Fsp3) is 0.421. The SMILES string of the molecule is CC.Cc1ccc2c(c1)c(-c1nc(N)nc(Cl)n1)cn2CCC(C)C. The average molecular weight is 360 g/mol. The molecule has 0 spiro atoms. The van der Waals surface area contributed by atoms with Crippen molar-refractivity contribution in [2.24, 2.45) is 5.92 Å². The number of nitrogens with zero attached hydrogens (tertiary/aromatic N) is 4. The number of aryl methyl sites for hydroxylation is 2. The Hall–Kier alpha value is -2.14. The molecule has 6 heteroatoms. The van der Waals surface area contributed by atoms with Gasteiger partial charge < -0.3 is 10.3 Å². The Bertz CT molecular complexity index is 834. The summed E-state index contributed by atoms with van der Waals surface area (Å²) in [5, 5.41) is 1.22. The van der Waals surface area contributed by atoms with Crippen LogP contribution in [0, 0.1) is 12.8 Å². The summed E-state index contributed by atoms with van der Waals surface area (Å²) < 4.78 is 2.25. The zero-order valence-electron chi connectivity index (χ0n) is 15.5. The number of hydrogen-bond acceptors (Lipinski definition) is 4. The zero-order chi connectivity index (χ0) is 18.6. The highest BCUT2D eigenvalue weighted by atomic mass is 35.5. The summed E-state index contributed by atoms with van der Waals surface area (Å²) >= 11 is 5.94. The Balaban J connectivity index is 0.00000109. The first-order chi connectivity index (χ1) is 11.9. The number of halogens is 1. The predicted molar refractivity (Wildman–Crippen MR) is 106 cm³/mol. The third kappa shape index (κ3) is 4.48. The van der Waals surface area contributed by atoms with Crippen molar-refractivity contribution in [1.82, 2.24) is 19.5 Å². The second-order valence-electron chi connectivity index (χ2n) is 6.23. The van der Waals surface area contributed by atoms with Crippen LogP contribution >= 0.6 is 11.6 Å². The molecule has 2 heterocycles. The van der Waals surface area contributed by atoms with E-state index in [1.807, 2.05) is 13.8 Å². The lowest BCUT2D eigenvalue weighted by atomic mass is 10.1. The van der Waals surface area contributed by atoms with Crippen LogP contribution in [-0.4, -0.2) is 19.5 Å². The van der Waals surface area contributed by atoms with E-state index in [4.69, 9.17) is 17.3 Å².